The molecule has 0 aromatic heterocycles. The van der Waals surface area contributed by atoms with Crippen LogP contribution in [0.25, 0.3) is 0 Å². The van der Waals surface area contributed by atoms with Gasteiger partial charge in [0.05, 0.1) is 13.2 Å². The maximum absolute atomic E-state index is 12.0. The normalized spacial score (nSPS) is 12.0. The molecular weight excluding hydrogens is 368 g/mol. The Kier molecular flexibility index (Phi) is 20.8. The van der Waals surface area contributed by atoms with Crippen LogP contribution in [0.4, 0.5) is 0 Å². The van der Waals surface area contributed by atoms with Crippen LogP contribution in [0, 0.1) is 5.92 Å². The van der Waals surface area contributed by atoms with E-state index in [9.17, 15) is 9.59 Å². The van der Waals surface area contributed by atoms with E-state index in [0.717, 1.165) is 44.9 Å². The molecule has 1 unspecified atom stereocenters. The van der Waals surface area contributed by atoms with Crippen molar-refractivity contribution < 1.29 is 23.8 Å². The summed E-state index contributed by atoms with van der Waals surface area (Å²) in [6.07, 6.45) is 14.7. The largest absolute Gasteiger partial charge is 0.466 e. The topological polar surface area (TPSA) is 61.8 Å². The Balaban J connectivity index is 3.66. The van der Waals surface area contributed by atoms with Crippen LogP contribution in [0.5, 0.6) is 0 Å². The summed E-state index contributed by atoms with van der Waals surface area (Å²) in [7, 11) is 1.71. The molecule has 0 saturated heterocycles. The van der Waals surface area contributed by atoms with E-state index < -0.39 is 0 Å². The van der Waals surface area contributed by atoms with E-state index in [4.69, 9.17) is 14.2 Å². The average Bonchev–Trinajstić information content (AvgIpc) is 2.72. The summed E-state index contributed by atoms with van der Waals surface area (Å²) in [4.78, 5) is 23.6. The second-order valence-electron chi connectivity index (χ2n) is 8.02. The average molecular weight is 415 g/mol. The number of ether oxygens (including phenoxy) is 3. The van der Waals surface area contributed by atoms with Gasteiger partial charge < -0.3 is 14.2 Å². The van der Waals surface area contributed by atoms with Crippen LogP contribution in [0.2, 0.25) is 0 Å². The number of rotatable bonds is 21. The molecule has 29 heavy (non-hydrogen) atoms. The van der Waals surface area contributed by atoms with Gasteiger partial charge in [-0.15, -0.1) is 0 Å². The highest BCUT2D eigenvalue weighted by Crippen LogP contribution is 2.15. The predicted octanol–water partition coefficient (Wildman–Crippen LogP) is 6.23. The summed E-state index contributed by atoms with van der Waals surface area (Å²) >= 11 is 0. The highest BCUT2D eigenvalue weighted by molar-refractivity contribution is 5.69. The fraction of sp³-hybridized carbons (Fsp3) is 0.917. The van der Waals surface area contributed by atoms with Gasteiger partial charge >= 0.3 is 11.9 Å². The molecule has 0 N–H and O–H groups in total. The zero-order valence-electron chi connectivity index (χ0n) is 19.3. The Hall–Kier alpha value is -1.10. The Labute approximate surface area is 179 Å². The number of carbonyl (C=O) groups excluding carboxylic acids is 2. The molecule has 0 saturated carbocycles. The number of carbonyl (C=O) groups is 2. The first kappa shape index (κ1) is 27.9. The molecule has 0 heterocycles. The monoisotopic (exact) mass is 414 g/mol. The number of hydrogen-bond donors (Lipinski definition) is 0. The van der Waals surface area contributed by atoms with E-state index in [1.54, 1.807) is 7.11 Å². The van der Waals surface area contributed by atoms with Crippen molar-refractivity contribution in [3.63, 3.8) is 0 Å². The van der Waals surface area contributed by atoms with E-state index in [-0.39, 0.29) is 11.9 Å². The lowest BCUT2D eigenvalue weighted by molar-refractivity contribution is -0.145. The Morgan fingerprint density at radius 2 is 1.24 bits per heavy atom. The zero-order valence-corrected chi connectivity index (χ0v) is 19.3. The van der Waals surface area contributed by atoms with E-state index in [1.807, 2.05) is 0 Å². The van der Waals surface area contributed by atoms with E-state index in [0.29, 0.717) is 38.6 Å². The standard InChI is InChI=1S/C24H46O5/c1-4-6-8-9-14-19-28-23(25)16-12-10-13-17-24(26)29-21-22(18-20-27-3)15-11-7-5-2/h22H,4-21H2,1-3H3. The molecule has 0 fully saturated rings. The predicted molar refractivity (Wildman–Crippen MR) is 118 cm³/mol. The number of esters is 2. The SMILES string of the molecule is CCCCCCCOC(=O)CCCCCC(=O)OCC(CCCCC)CCOC. The summed E-state index contributed by atoms with van der Waals surface area (Å²) in [5.74, 6) is 0.149. The fourth-order valence-electron chi connectivity index (χ4n) is 3.24. The molecule has 0 aliphatic carbocycles. The maximum Gasteiger partial charge on any atom is 0.305 e. The van der Waals surface area contributed by atoms with Gasteiger partial charge in [-0.2, -0.15) is 0 Å². The van der Waals surface area contributed by atoms with Crippen molar-refractivity contribution in [3.05, 3.63) is 0 Å². The fourth-order valence-corrected chi connectivity index (χ4v) is 3.24. The minimum absolute atomic E-state index is 0.115. The van der Waals surface area contributed by atoms with Gasteiger partial charge in [0.25, 0.3) is 0 Å². The van der Waals surface area contributed by atoms with Gasteiger partial charge in [-0.3, -0.25) is 9.59 Å². The highest BCUT2D eigenvalue weighted by atomic mass is 16.5. The van der Waals surface area contributed by atoms with Crippen molar-refractivity contribution >= 4 is 11.9 Å². The first-order valence-electron chi connectivity index (χ1n) is 11.9. The van der Waals surface area contributed by atoms with Crippen molar-refractivity contribution in [1.82, 2.24) is 0 Å². The molecule has 1 atom stereocenters. The third-order valence-corrected chi connectivity index (χ3v) is 5.20. The first-order valence-corrected chi connectivity index (χ1v) is 11.9. The number of methoxy groups -OCH3 is 1. The lowest BCUT2D eigenvalue weighted by Crippen LogP contribution is -2.16. The minimum Gasteiger partial charge on any atom is -0.466 e. The molecule has 0 rings (SSSR count). The molecule has 0 spiro atoms. The molecule has 172 valence electrons. The van der Waals surface area contributed by atoms with E-state index >= 15 is 0 Å². The summed E-state index contributed by atoms with van der Waals surface area (Å²) in [5, 5.41) is 0. The van der Waals surface area contributed by atoms with Crippen molar-refractivity contribution in [2.24, 2.45) is 5.92 Å². The summed E-state index contributed by atoms with van der Waals surface area (Å²) in [6.45, 7) is 6.13. The van der Waals surface area contributed by atoms with Gasteiger partial charge in [-0.1, -0.05) is 65.2 Å². The van der Waals surface area contributed by atoms with E-state index in [1.165, 1.54) is 38.5 Å². The smallest absolute Gasteiger partial charge is 0.305 e. The highest BCUT2D eigenvalue weighted by Gasteiger charge is 2.12. The quantitative estimate of drug-likeness (QED) is 0.165. The van der Waals surface area contributed by atoms with Crippen LogP contribution < -0.4 is 0 Å². The zero-order chi connectivity index (χ0) is 21.6. The van der Waals surface area contributed by atoms with Crippen LogP contribution >= 0.6 is 0 Å². The van der Waals surface area contributed by atoms with Crippen LogP contribution in [0.15, 0.2) is 0 Å². The molecule has 0 amide bonds. The summed E-state index contributed by atoms with van der Waals surface area (Å²) in [5.41, 5.74) is 0. The van der Waals surface area contributed by atoms with Crippen LogP contribution in [-0.2, 0) is 23.8 Å². The van der Waals surface area contributed by atoms with E-state index in [2.05, 4.69) is 13.8 Å². The molecule has 5 heteroatoms. The van der Waals surface area contributed by atoms with Crippen molar-refractivity contribution in [3.8, 4) is 0 Å². The van der Waals surface area contributed by atoms with Crippen LogP contribution in [0.1, 0.15) is 110 Å². The van der Waals surface area contributed by atoms with Crippen molar-refractivity contribution in [1.29, 1.82) is 0 Å². The van der Waals surface area contributed by atoms with Crippen LogP contribution in [0.3, 0.4) is 0 Å². The third-order valence-electron chi connectivity index (χ3n) is 5.20. The Bertz CT molecular complexity index is 383. The second-order valence-corrected chi connectivity index (χ2v) is 8.02. The summed E-state index contributed by atoms with van der Waals surface area (Å²) in [6, 6.07) is 0. The maximum atomic E-state index is 12.0. The first-order chi connectivity index (χ1) is 14.1. The number of unbranched alkanes of at least 4 members (excludes halogenated alkanes) is 8. The van der Waals surface area contributed by atoms with Crippen molar-refractivity contribution in [2.75, 3.05) is 26.9 Å². The molecule has 0 aromatic rings. The molecule has 0 radical (unpaired) electrons. The lowest BCUT2D eigenvalue weighted by atomic mass is 9.99. The molecule has 0 aliphatic heterocycles. The molecule has 0 aromatic carbocycles. The third kappa shape index (κ3) is 20.0. The van der Waals surface area contributed by atoms with Gasteiger partial charge in [0, 0.05) is 26.6 Å². The Morgan fingerprint density at radius 3 is 1.90 bits per heavy atom. The van der Waals surface area contributed by atoms with Crippen LogP contribution in [-0.4, -0.2) is 38.9 Å². The lowest BCUT2D eigenvalue weighted by Gasteiger charge is -2.16. The minimum atomic E-state index is -0.127. The van der Waals surface area contributed by atoms with Gasteiger partial charge in [0.2, 0.25) is 0 Å². The van der Waals surface area contributed by atoms with Gasteiger partial charge in [0.15, 0.2) is 0 Å². The molecule has 0 bridgehead atoms. The molecular formula is C24H46O5. The van der Waals surface area contributed by atoms with Gasteiger partial charge in [-0.05, 0) is 38.0 Å². The molecule has 5 nitrogen and oxygen atoms in total. The Morgan fingerprint density at radius 1 is 0.655 bits per heavy atom. The summed E-state index contributed by atoms with van der Waals surface area (Å²) < 4.78 is 15.9. The number of hydrogen-bond acceptors (Lipinski definition) is 5. The second kappa shape index (κ2) is 21.6. The van der Waals surface area contributed by atoms with Gasteiger partial charge in [0.1, 0.15) is 0 Å². The molecule has 0 aliphatic rings. The van der Waals surface area contributed by atoms with Gasteiger partial charge in [-0.25, -0.2) is 0 Å². The van der Waals surface area contributed by atoms with Crippen molar-refractivity contribution in [2.45, 2.75) is 110 Å².